The van der Waals surface area contributed by atoms with E-state index in [1.807, 2.05) is 0 Å². The van der Waals surface area contributed by atoms with E-state index in [9.17, 15) is 29.0 Å². The number of aromatic nitrogens is 2. The second-order valence-electron chi connectivity index (χ2n) is 9.48. The van der Waals surface area contributed by atoms with E-state index in [1.54, 1.807) is 32.9 Å². The summed E-state index contributed by atoms with van der Waals surface area (Å²) >= 11 is 0. The maximum Gasteiger partial charge on any atom is 0.343 e. The van der Waals surface area contributed by atoms with Crippen molar-refractivity contribution in [3.8, 4) is 11.4 Å². The molecule has 0 unspecified atom stereocenters. The predicted octanol–water partition coefficient (Wildman–Crippen LogP) is 2.09. The largest absolute Gasteiger partial charge is 0.458 e. The van der Waals surface area contributed by atoms with Crippen molar-refractivity contribution in [1.82, 2.24) is 14.9 Å². The summed E-state index contributed by atoms with van der Waals surface area (Å²) in [5.41, 5.74) is 0.790. The molecule has 0 radical (unpaired) electrons. The number of nitrogens with zero attached hydrogens (tertiary/aromatic N) is 2. The second kappa shape index (κ2) is 8.21. The SMILES string of the molecule is CC[C@@]1(O)C(=O)OCc2c1cc1n(c2=O)Cc2c-1nc1cc(F)c(C)cc1c2[C@@H](C)NC(=O)[C@H](C)O. The van der Waals surface area contributed by atoms with Crippen LogP contribution in [0.5, 0.6) is 0 Å². The number of esters is 1. The van der Waals surface area contributed by atoms with Crippen LogP contribution in [0, 0.1) is 12.7 Å². The van der Waals surface area contributed by atoms with Crippen LogP contribution in [0.4, 0.5) is 4.39 Å². The van der Waals surface area contributed by atoms with Crippen LogP contribution in [-0.4, -0.2) is 37.7 Å². The van der Waals surface area contributed by atoms with Gasteiger partial charge in [-0.3, -0.25) is 9.59 Å². The van der Waals surface area contributed by atoms with Crippen molar-refractivity contribution >= 4 is 22.8 Å². The van der Waals surface area contributed by atoms with Gasteiger partial charge < -0.3 is 24.8 Å². The molecule has 5 rings (SSSR count). The number of amides is 1. The number of ether oxygens (including phenoxy) is 1. The Hall–Kier alpha value is -3.63. The van der Waals surface area contributed by atoms with Crippen molar-refractivity contribution in [1.29, 1.82) is 0 Å². The number of fused-ring (bicyclic) bond motifs is 5. The molecule has 188 valence electrons. The zero-order chi connectivity index (χ0) is 26.1. The van der Waals surface area contributed by atoms with E-state index in [0.29, 0.717) is 39.0 Å². The fraction of sp³-hybridized carbons (Fsp3) is 0.385. The van der Waals surface area contributed by atoms with Gasteiger partial charge in [-0.25, -0.2) is 14.2 Å². The lowest BCUT2D eigenvalue weighted by atomic mass is 9.86. The zero-order valence-electron chi connectivity index (χ0n) is 20.3. The van der Waals surface area contributed by atoms with Gasteiger partial charge in [-0.1, -0.05) is 6.92 Å². The summed E-state index contributed by atoms with van der Waals surface area (Å²) in [6, 6.07) is 3.93. The summed E-state index contributed by atoms with van der Waals surface area (Å²) in [5, 5.41) is 24.2. The lowest BCUT2D eigenvalue weighted by Gasteiger charge is -2.31. The zero-order valence-corrected chi connectivity index (χ0v) is 20.3. The van der Waals surface area contributed by atoms with Crippen LogP contribution in [0.1, 0.15) is 61.1 Å². The summed E-state index contributed by atoms with van der Waals surface area (Å²) in [5.74, 6) is -1.85. The Labute approximate surface area is 205 Å². The van der Waals surface area contributed by atoms with Crippen molar-refractivity contribution in [3.05, 3.63) is 62.2 Å². The number of benzene rings is 1. The maximum absolute atomic E-state index is 14.5. The fourth-order valence-corrected chi connectivity index (χ4v) is 5.14. The molecule has 0 aliphatic carbocycles. The first kappa shape index (κ1) is 24.1. The van der Waals surface area contributed by atoms with Crippen LogP contribution in [0.25, 0.3) is 22.3 Å². The van der Waals surface area contributed by atoms with Gasteiger partial charge in [0.15, 0.2) is 5.60 Å². The molecular weight excluding hydrogens is 469 g/mol. The number of hydrogen-bond acceptors (Lipinski definition) is 7. The molecule has 3 atom stereocenters. The molecule has 2 aliphatic rings. The van der Waals surface area contributed by atoms with E-state index in [0.717, 1.165) is 0 Å². The van der Waals surface area contributed by atoms with Crippen LogP contribution in [0.15, 0.2) is 23.0 Å². The Morgan fingerprint density at radius 2 is 2.00 bits per heavy atom. The molecule has 0 spiro atoms. The number of aryl methyl sites for hydroxylation is 1. The van der Waals surface area contributed by atoms with Gasteiger partial charge in [0.05, 0.1) is 35.1 Å². The van der Waals surface area contributed by atoms with Gasteiger partial charge >= 0.3 is 5.97 Å². The molecule has 10 heteroatoms. The van der Waals surface area contributed by atoms with Gasteiger partial charge in [-0.2, -0.15) is 0 Å². The van der Waals surface area contributed by atoms with Gasteiger partial charge in [-0.05, 0) is 50.5 Å². The van der Waals surface area contributed by atoms with E-state index in [4.69, 9.17) is 4.74 Å². The Balaban J connectivity index is 1.80. The van der Waals surface area contributed by atoms with Crippen molar-refractivity contribution in [2.45, 2.75) is 65.0 Å². The number of carbonyl (C=O) groups excluding carboxylic acids is 2. The van der Waals surface area contributed by atoms with E-state index >= 15 is 0 Å². The Kier molecular flexibility index (Phi) is 5.49. The number of nitrogens with one attached hydrogen (secondary N) is 1. The number of carbonyl (C=O) groups is 2. The third-order valence-electron chi connectivity index (χ3n) is 7.18. The molecule has 1 aromatic carbocycles. The van der Waals surface area contributed by atoms with E-state index in [-0.39, 0.29) is 30.7 Å². The second-order valence-corrected chi connectivity index (χ2v) is 9.48. The molecule has 3 aromatic rings. The third-order valence-corrected chi connectivity index (χ3v) is 7.18. The van der Waals surface area contributed by atoms with Crippen LogP contribution >= 0.6 is 0 Å². The standard InChI is InChI=1S/C26H26FN3O6/c1-5-26(35)17-7-20-22-15(9-30(20)24(33)16(17)10-36-25(26)34)21(12(3)28-23(32)13(4)31)14-6-11(2)18(27)8-19(14)29-22/h6-8,12-13,31,35H,5,9-10H2,1-4H3,(H,28,32)/t12-,13+,26+/m1/s1. The van der Waals surface area contributed by atoms with Gasteiger partial charge in [0.1, 0.15) is 18.5 Å². The molecule has 2 aliphatic heterocycles. The molecular formula is C26H26FN3O6. The number of aliphatic hydroxyl groups is 2. The first-order valence-corrected chi connectivity index (χ1v) is 11.8. The normalized spacial score (nSPS) is 19.8. The molecule has 0 saturated heterocycles. The number of halogens is 1. The summed E-state index contributed by atoms with van der Waals surface area (Å²) < 4.78 is 21.1. The Morgan fingerprint density at radius 1 is 1.28 bits per heavy atom. The van der Waals surface area contributed by atoms with Crippen molar-refractivity contribution in [2.75, 3.05) is 0 Å². The maximum atomic E-state index is 14.5. The number of pyridine rings is 2. The summed E-state index contributed by atoms with van der Waals surface area (Å²) in [6.07, 6.45) is -1.22. The Bertz CT molecular complexity index is 1530. The van der Waals surface area contributed by atoms with E-state index < -0.39 is 41.0 Å². The monoisotopic (exact) mass is 495 g/mol. The predicted molar refractivity (Wildman–Crippen MR) is 127 cm³/mol. The topological polar surface area (TPSA) is 131 Å². The van der Waals surface area contributed by atoms with E-state index in [1.165, 1.54) is 17.6 Å². The minimum atomic E-state index is -1.97. The number of cyclic esters (lactones) is 1. The molecule has 3 N–H and O–H groups in total. The van der Waals surface area contributed by atoms with Crippen LogP contribution in [0.2, 0.25) is 0 Å². The highest BCUT2D eigenvalue weighted by Gasteiger charge is 2.45. The molecule has 4 heterocycles. The highest BCUT2D eigenvalue weighted by molar-refractivity contribution is 5.91. The molecule has 0 bridgehead atoms. The number of rotatable bonds is 4. The molecule has 36 heavy (non-hydrogen) atoms. The Morgan fingerprint density at radius 3 is 2.67 bits per heavy atom. The summed E-state index contributed by atoms with van der Waals surface area (Å²) in [6.45, 7) is 6.22. The highest BCUT2D eigenvalue weighted by atomic mass is 19.1. The van der Waals surface area contributed by atoms with Crippen molar-refractivity contribution in [2.24, 2.45) is 0 Å². The summed E-state index contributed by atoms with van der Waals surface area (Å²) in [7, 11) is 0. The lowest BCUT2D eigenvalue weighted by Crippen LogP contribution is -2.44. The highest BCUT2D eigenvalue weighted by Crippen LogP contribution is 2.42. The van der Waals surface area contributed by atoms with Crippen molar-refractivity contribution in [3.63, 3.8) is 0 Å². The molecule has 2 aromatic heterocycles. The number of hydrogen-bond donors (Lipinski definition) is 3. The van der Waals surface area contributed by atoms with Gasteiger partial charge in [0.25, 0.3) is 5.56 Å². The van der Waals surface area contributed by atoms with Gasteiger partial charge in [0, 0.05) is 22.6 Å². The van der Waals surface area contributed by atoms with Gasteiger partial charge in [-0.15, -0.1) is 0 Å². The minimum Gasteiger partial charge on any atom is -0.458 e. The smallest absolute Gasteiger partial charge is 0.343 e. The molecule has 9 nitrogen and oxygen atoms in total. The average Bonchev–Trinajstić information content (AvgIpc) is 3.19. The fourth-order valence-electron chi connectivity index (χ4n) is 5.14. The van der Waals surface area contributed by atoms with Crippen molar-refractivity contribution < 1.29 is 28.9 Å². The molecule has 1 amide bonds. The first-order valence-electron chi connectivity index (χ1n) is 11.8. The molecule has 0 fully saturated rings. The number of aliphatic hydroxyl groups excluding tert-OH is 1. The third kappa shape index (κ3) is 3.35. The molecule has 0 saturated carbocycles. The van der Waals surface area contributed by atoms with Crippen LogP contribution < -0.4 is 10.9 Å². The van der Waals surface area contributed by atoms with Crippen LogP contribution in [0.3, 0.4) is 0 Å². The first-order chi connectivity index (χ1) is 17.0. The lowest BCUT2D eigenvalue weighted by molar-refractivity contribution is -0.172. The summed E-state index contributed by atoms with van der Waals surface area (Å²) in [4.78, 5) is 42.9. The van der Waals surface area contributed by atoms with Gasteiger partial charge in [0.2, 0.25) is 5.91 Å². The van der Waals surface area contributed by atoms with E-state index in [2.05, 4.69) is 10.3 Å². The average molecular weight is 496 g/mol. The quantitative estimate of drug-likeness (QED) is 0.370. The van der Waals surface area contributed by atoms with Crippen LogP contribution in [-0.2, 0) is 33.1 Å². The minimum absolute atomic E-state index is 0.0118.